The maximum Gasteiger partial charge on any atom is 0.0606 e. The van der Waals surface area contributed by atoms with Gasteiger partial charge in [0.05, 0.1) is 6.61 Å². The molecule has 3 heteroatoms. The van der Waals surface area contributed by atoms with Crippen LogP contribution in [-0.4, -0.2) is 29.8 Å². The molecule has 2 N–H and O–H groups in total. The van der Waals surface area contributed by atoms with Crippen LogP contribution in [0.2, 0.25) is 0 Å². The second kappa shape index (κ2) is 6.92. The first-order chi connectivity index (χ1) is 8.83. The van der Waals surface area contributed by atoms with E-state index >= 15 is 0 Å². The number of aliphatic hydroxyl groups excluding tert-OH is 1. The standard InChI is InChI=1S/C16H28N2O/c1-13(2)18(10-11-19)15-8-6-14(7-9-15)12-17-16(3,4)5/h6-9,13,17,19H,10-12H2,1-5H3. The van der Waals surface area contributed by atoms with E-state index in [1.54, 1.807) is 0 Å². The lowest BCUT2D eigenvalue weighted by Gasteiger charge is -2.28. The number of hydrogen-bond acceptors (Lipinski definition) is 3. The summed E-state index contributed by atoms with van der Waals surface area (Å²) in [6, 6.07) is 8.97. The molecule has 0 fully saturated rings. The molecule has 0 radical (unpaired) electrons. The van der Waals surface area contributed by atoms with Crippen LogP contribution in [0.3, 0.4) is 0 Å². The second-order valence-electron chi connectivity index (χ2n) is 6.28. The minimum Gasteiger partial charge on any atom is -0.395 e. The van der Waals surface area contributed by atoms with E-state index in [2.05, 4.69) is 69.1 Å². The van der Waals surface area contributed by atoms with Crippen LogP contribution in [0.1, 0.15) is 40.2 Å². The van der Waals surface area contributed by atoms with Gasteiger partial charge < -0.3 is 15.3 Å². The van der Waals surface area contributed by atoms with Gasteiger partial charge >= 0.3 is 0 Å². The van der Waals surface area contributed by atoms with Crippen molar-refractivity contribution >= 4 is 5.69 Å². The third-order valence-electron chi connectivity index (χ3n) is 3.06. The van der Waals surface area contributed by atoms with Crippen molar-refractivity contribution < 1.29 is 5.11 Å². The monoisotopic (exact) mass is 264 g/mol. The molecule has 0 bridgehead atoms. The molecule has 0 amide bonds. The molecule has 0 aliphatic rings. The summed E-state index contributed by atoms with van der Waals surface area (Å²) in [6.07, 6.45) is 0. The van der Waals surface area contributed by atoms with Gasteiger partial charge in [-0.1, -0.05) is 12.1 Å². The highest BCUT2D eigenvalue weighted by atomic mass is 16.3. The van der Waals surface area contributed by atoms with E-state index in [0.29, 0.717) is 12.6 Å². The van der Waals surface area contributed by atoms with Crippen molar-refractivity contribution in [3.63, 3.8) is 0 Å². The van der Waals surface area contributed by atoms with Crippen LogP contribution in [0.5, 0.6) is 0 Å². The average Bonchev–Trinajstić information content (AvgIpc) is 2.33. The molecule has 1 aromatic carbocycles. The summed E-state index contributed by atoms with van der Waals surface area (Å²) in [5.41, 5.74) is 2.59. The number of nitrogens with zero attached hydrogens (tertiary/aromatic N) is 1. The number of benzene rings is 1. The highest BCUT2D eigenvalue weighted by Gasteiger charge is 2.11. The molecule has 108 valence electrons. The Bertz CT molecular complexity index is 365. The maximum atomic E-state index is 9.12. The Labute approximate surface area is 117 Å². The van der Waals surface area contributed by atoms with Crippen molar-refractivity contribution in [1.82, 2.24) is 5.32 Å². The summed E-state index contributed by atoms with van der Waals surface area (Å²) < 4.78 is 0. The number of aliphatic hydroxyl groups is 1. The molecule has 3 nitrogen and oxygen atoms in total. The van der Waals surface area contributed by atoms with Gasteiger partial charge in [0.15, 0.2) is 0 Å². The van der Waals surface area contributed by atoms with Crippen LogP contribution in [0.4, 0.5) is 5.69 Å². The Morgan fingerprint density at radius 1 is 1.16 bits per heavy atom. The molecule has 19 heavy (non-hydrogen) atoms. The molecule has 0 atom stereocenters. The van der Waals surface area contributed by atoms with Gasteiger partial charge in [-0.25, -0.2) is 0 Å². The van der Waals surface area contributed by atoms with Crippen LogP contribution in [0.25, 0.3) is 0 Å². The van der Waals surface area contributed by atoms with Crippen molar-refractivity contribution in [2.24, 2.45) is 0 Å². The van der Waals surface area contributed by atoms with Crippen LogP contribution < -0.4 is 10.2 Å². The summed E-state index contributed by atoms with van der Waals surface area (Å²) in [4.78, 5) is 2.21. The average molecular weight is 264 g/mol. The molecule has 1 rings (SSSR count). The molecule has 0 aliphatic heterocycles. The zero-order valence-electron chi connectivity index (χ0n) is 12.9. The normalized spacial score (nSPS) is 11.9. The van der Waals surface area contributed by atoms with Crippen molar-refractivity contribution in [3.05, 3.63) is 29.8 Å². The van der Waals surface area contributed by atoms with E-state index in [1.807, 2.05) is 0 Å². The highest BCUT2D eigenvalue weighted by molar-refractivity contribution is 5.48. The zero-order chi connectivity index (χ0) is 14.5. The highest BCUT2D eigenvalue weighted by Crippen LogP contribution is 2.18. The van der Waals surface area contributed by atoms with Crippen molar-refractivity contribution in [3.8, 4) is 0 Å². The molecule has 0 unspecified atom stereocenters. The SMILES string of the molecule is CC(C)N(CCO)c1ccc(CNC(C)(C)C)cc1. The van der Waals surface area contributed by atoms with Gasteiger partial charge in [0, 0.05) is 30.4 Å². The maximum absolute atomic E-state index is 9.12. The van der Waals surface area contributed by atoms with Gasteiger partial charge in [-0.2, -0.15) is 0 Å². The number of hydrogen-bond donors (Lipinski definition) is 2. The summed E-state index contributed by atoms with van der Waals surface area (Å²) >= 11 is 0. The van der Waals surface area contributed by atoms with Gasteiger partial charge in [-0.15, -0.1) is 0 Å². The number of anilines is 1. The third-order valence-corrected chi connectivity index (χ3v) is 3.06. The van der Waals surface area contributed by atoms with Gasteiger partial charge in [-0.3, -0.25) is 0 Å². The van der Waals surface area contributed by atoms with Crippen LogP contribution in [-0.2, 0) is 6.54 Å². The minimum absolute atomic E-state index is 0.138. The van der Waals surface area contributed by atoms with Crippen molar-refractivity contribution in [2.75, 3.05) is 18.1 Å². The van der Waals surface area contributed by atoms with E-state index < -0.39 is 0 Å². The van der Waals surface area contributed by atoms with Gasteiger partial charge in [-0.05, 0) is 52.3 Å². The Morgan fingerprint density at radius 3 is 2.16 bits per heavy atom. The first-order valence-electron chi connectivity index (χ1n) is 7.05. The Morgan fingerprint density at radius 2 is 1.74 bits per heavy atom. The molecule has 1 aromatic rings. The lowest BCUT2D eigenvalue weighted by molar-refractivity contribution is 0.299. The smallest absolute Gasteiger partial charge is 0.0606 e. The fourth-order valence-corrected chi connectivity index (χ4v) is 1.97. The molecule has 0 aliphatic carbocycles. The largest absolute Gasteiger partial charge is 0.395 e. The summed E-state index contributed by atoms with van der Waals surface area (Å²) in [5, 5.41) is 12.6. The molecule has 0 aromatic heterocycles. The van der Waals surface area contributed by atoms with E-state index in [-0.39, 0.29) is 12.1 Å². The molecular formula is C16H28N2O. The minimum atomic E-state index is 0.138. The Kier molecular flexibility index (Phi) is 5.83. The lowest BCUT2D eigenvalue weighted by Crippen LogP contribution is -2.35. The predicted molar refractivity (Wildman–Crippen MR) is 82.6 cm³/mol. The van der Waals surface area contributed by atoms with Crippen molar-refractivity contribution in [2.45, 2.75) is 52.7 Å². The number of nitrogens with one attached hydrogen (secondary N) is 1. The van der Waals surface area contributed by atoms with Crippen LogP contribution >= 0.6 is 0 Å². The fourth-order valence-electron chi connectivity index (χ4n) is 1.97. The van der Waals surface area contributed by atoms with E-state index in [4.69, 9.17) is 5.11 Å². The molecule has 0 spiro atoms. The summed E-state index contributed by atoms with van der Waals surface area (Å²) in [5.74, 6) is 0. The zero-order valence-corrected chi connectivity index (χ0v) is 12.9. The molecule has 0 heterocycles. The van der Waals surface area contributed by atoms with E-state index in [0.717, 1.165) is 6.54 Å². The quantitative estimate of drug-likeness (QED) is 0.829. The lowest BCUT2D eigenvalue weighted by atomic mass is 10.1. The van der Waals surface area contributed by atoms with Gasteiger partial charge in [0.25, 0.3) is 0 Å². The third kappa shape index (κ3) is 5.62. The van der Waals surface area contributed by atoms with Crippen LogP contribution in [0, 0.1) is 0 Å². The molecule has 0 saturated heterocycles. The van der Waals surface area contributed by atoms with E-state index in [1.165, 1.54) is 11.3 Å². The predicted octanol–water partition coefficient (Wildman–Crippen LogP) is 2.78. The first kappa shape index (κ1) is 16.0. The molecule has 0 saturated carbocycles. The fraction of sp³-hybridized carbons (Fsp3) is 0.625. The summed E-state index contributed by atoms with van der Waals surface area (Å²) in [7, 11) is 0. The molecular weight excluding hydrogens is 236 g/mol. The van der Waals surface area contributed by atoms with E-state index in [9.17, 15) is 0 Å². The summed E-state index contributed by atoms with van der Waals surface area (Å²) in [6.45, 7) is 12.5. The van der Waals surface area contributed by atoms with Crippen LogP contribution in [0.15, 0.2) is 24.3 Å². The Hall–Kier alpha value is -1.06. The van der Waals surface area contributed by atoms with Crippen molar-refractivity contribution in [1.29, 1.82) is 0 Å². The topological polar surface area (TPSA) is 35.5 Å². The Balaban J connectivity index is 2.69. The second-order valence-corrected chi connectivity index (χ2v) is 6.28. The first-order valence-corrected chi connectivity index (χ1v) is 7.05. The number of rotatable bonds is 6. The van der Waals surface area contributed by atoms with Gasteiger partial charge in [0.1, 0.15) is 0 Å². The van der Waals surface area contributed by atoms with Gasteiger partial charge in [0.2, 0.25) is 0 Å².